The highest BCUT2D eigenvalue weighted by molar-refractivity contribution is 5.83. The summed E-state index contributed by atoms with van der Waals surface area (Å²) in [7, 11) is 1.72. The number of fused-ring (bicyclic) bond motifs is 1. The zero-order valence-electron chi connectivity index (χ0n) is 19.0. The summed E-state index contributed by atoms with van der Waals surface area (Å²) in [4.78, 5) is 0. The largest absolute Gasteiger partial charge is 0.497 e. The van der Waals surface area contributed by atoms with E-state index in [0.29, 0.717) is 5.41 Å². The Bertz CT molecular complexity index is 948. The van der Waals surface area contributed by atoms with Gasteiger partial charge in [0, 0.05) is 0 Å². The Hall–Kier alpha value is -2.28. The maximum atomic E-state index is 5.28. The van der Waals surface area contributed by atoms with E-state index in [9.17, 15) is 0 Å². The highest BCUT2D eigenvalue weighted by Crippen LogP contribution is 2.31. The lowest BCUT2D eigenvalue weighted by molar-refractivity contribution is 0.349. The highest BCUT2D eigenvalue weighted by Gasteiger charge is 2.20. The Morgan fingerprint density at radius 3 is 1.62 bits per heavy atom. The molecule has 0 atom stereocenters. The van der Waals surface area contributed by atoms with Crippen molar-refractivity contribution in [2.75, 3.05) is 7.11 Å². The van der Waals surface area contributed by atoms with Gasteiger partial charge in [-0.15, -0.1) is 0 Å². The molecule has 3 aromatic carbocycles. The van der Waals surface area contributed by atoms with E-state index in [1.54, 1.807) is 7.11 Å². The Morgan fingerprint density at radius 2 is 1.10 bits per heavy atom. The molecule has 29 heavy (non-hydrogen) atoms. The zero-order chi connectivity index (χ0) is 21.1. The quantitative estimate of drug-likeness (QED) is 0.385. The van der Waals surface area contributed by atoms with Gasteiger partial charge in [-0.05, 0) is 69.7 Å². The summed E-state index contributed by atoms with van der Waals surface area (Å²) in [6.45, 7) is 11.7. The van der Waals surface area contributed by atoms with Crippen molar-refractivity contribution in [2.45, 2.75) is 60.3 Å². The number of ether oxygens (including phenoxy) is 1. The Kier molecular flexibility index (Phi) is 6.36. The van der Waals surface area contributed by atoms with Gasteiger partial charge >= 0.3 is 0 Å². The molecule has 0 saturated heterocycles. The number of benzene rings is 3. The molecule has 0 bridgehead atoms. The Labute approximate surface area is 177 Å². The Morgan fingerprint density at radius 1 is 0.621 bits per heavy atom. The SMILES string of the molecule is CCC(C)(C)Cc1ccc2ccc(CC(C)(C)Cc3ccc(OC)cc3)cc2c1. The Balaban J connectivity index is 1.77. The molecule has 1 heteroatoms. The maximum absolute atomic E-state index is 5.28. The van der Waals surface area contributed by atoms with E-state index in [-0.39, 0.29) is 5.41 Å². The molecule has 0 N–H and O–H groups in total. The monoisotopic (exact) mass is 388 g/mol. The molecule has 0 heterocycles. The van der Waals surface area contributed by atoms with Crippen LogP contribution in [0.5, 0.6) is 5.75 Å². The third-order valence-electron chi connectivity index (χ3n) is 6.13. The molecule has 0 radical (unpaired) electrons. The van der Waals surface area contributed by atoms with Gasteiger partial charge in [0.15, 0.2) is 0 Å². The van der Waals surface area contributed by atoms with E-state index < -0.39 is 0 Å². The predicted octanol–water partition coefficient (Wildman–Crippen LogP) is 7.64. The molecule has 0 aliphatic heterocycles. The zero-order valence-corrected chi connectivity index (χ0v) is 19.0. The second-order valence-corrected chi connectivity index (χ2v) is 10.1. The van der Waals surface area contributed by atoms with E-state index in [0.717, 1.165) is 25.0 Å². The van der Waals surface area contributed by atoms with Gasteiger partial charge in [0.05, 0.1) is 7.11 Å². The summed E-state index contributed by atoms with van der Waals surface area (Å²) in [5, 5.41) is 2.70. The summed E-state index contributed by atoms with van der Waals surface area (Å²) in [5.41, 5.74) is 4.78. The first-order valence-electron chi connectivity index (χ1n) is 10.8. The molecule has 3 rings (SSSR count). The minimum atomic E-state index is 0.198. The molecule has 0 unspecified atom stereocenters. The third kappa shape index (κ3) is 5.85. The van der Waals surface area contributed by atoms with Crippen LogP contribution in [-0.4, -0.2) is 7.11 Å². The number of rotatable bonds is 8. The van der Waals surface area contributed by atoms with Crippen LogP contribution in [-0.2, 0) is 19.3 Å². The van der Waals surface area contributed by atoms with Crippen LogP contribution in [0.4, 0.5) is 0 Å². The van der Waals surface area contributed by atoms with Crippen molar-refractivity contribution in [2.24, 2.45) is 10.8 Å². The van der Waals surface area contributed by atoms with Crippen LogP contribution in [0.2, 0.25) is 0 Å². The molecule has 154 valence electrons. The molecule has 0 aromatic heterocycles. The number of methoxy groups -OCH3 is 1. The van der Waals surface area contributed by atoms with Crippen LogP contribution in [0.1, 0.15) is 57.7 Å². The number of hydrogen-bond acceptors (Lipinski definition) is 1. The smallest absolute Gasteiger partial charge is 0.118 e. The van der Waals surface area contributed by atoms with Crippen LogP contribution in [0, 0.1) is 10.8 Å². The van der Waals surface area contributed by atoms with Crippen LogP contribution in [0.3, 0.4) is 0 Å². The first-order chi connectivity index (χ1) is 13.7. The fraction of sp³-hybridized carbons (Fsp3) is 0.429. The lowest BCUT2D eigenvalue weighted by Crippen LogP contribution is -2.18. The van der Waals surface area contributed by atoms with Gasteiger partial charge in [-0.1, -0.05) is 89.6 Å². The van der Waals surface area contributed by atoms with Crippen LogP contribution >= 0.6 is 0 Å². The lowest BCUT2D eigenvalue weighted by Gasteiger charge is -2.25. The normalized spacial score (nSPS) is 12.3. The fourth-order valence-electron chi connectivity index (χ4n) is 4.15. The van der Waals surface area contributed by atoms with E-state index in [1.807, 2.05) is 0 Å². The highest BCUT2D eigenvalue weighted by atomic mass is 16.5. The molecule has 0 aliphatic rings. The van der Waals surface area contributed by atoms with Crippen LogP contribution in [0.25, 0.3) is 10.8 Å². The molecular weight excluding hydrogens is 352 g/mol. The molecule has 0 aliphatic carbocycles. The summed E-state index contributed by atoms with van der Waals surface area (Å²) in [5.74, 6) is 0.920. The summed E-state index contributed by atoms with van der Waals surface area (Å²) >= 11 is 0. The molecule has 0 spiro atoms. The predicted molar refractivity (Wildman–Crippen MR) is 126 cm³/mol. The number of hydrogen-bond donors (Lipinski definition) is 0. The van der Waals surface area contributed by atoms with Crippen LogP contribution in [0.15, 0.2) is 60.7 Å². The fourth-order valence-corrected chi connectivity index (χ4v) is 4.15. The summed E-state index contributed by atoms with van der Waals surface area (Å²) in [6, 6.07) is 22.4. The second-order valence-electron chi connectivity index (χ2n) is 10.1. The van der Waals surface area contributed by atoms with E-state index in [4.69, 9.17) is 4.74 Å². The van der Waals surface area contributed by atoms with Crippen molar-refractivity contribution in [3.8, 4) is 5.75 Å². The van der Waals surface area contributed by atoms with Gasteiger partial charge in [-0.2, -0.15) is 0 Å². The van der Waals surface area contributed by atoms with Crippen molar-refractivity contribution in [1.82, 2.24) is 0 Å². The summed E-state index contributed by atoms with van der Waals surface area (Å²) in [6.07, 6.45) is 4.46. The average Bonchev–Trinajstić information content (AvgIpc) is 2.67. The molecule has 0 amide bonds. The van der Waals surface area contributed by atoms with E-state index in [2.05, 4.69) is 95.3 Å². The van der Waals surface area contributed by atoms with Gasteiger partial charge in [0.1, 0.15) is 5.75 Å². The van der Waals surface area contributed by atoms with Crippen LogP contribution < -0.4 is 4.74 Å². The summed E-state index contributed by atoms with van der Waals surface area (Å²) < 4.78 is 5.28. The topological polar surface area (TPSA) is 9.23 Å². The first-order valence-corrected chi connectivity index (χ1v) is 10.8. The minimum absolute atomic E-state index is 0.198. The van der Waals surface area contributed by atoms with Crippen molar-refractivity contribution in [3.63, 3.8) is 0 Å². The molecular formula is C28H36O. The maximum Gasteiger partial charge on any atom is 0.118 e. The van der Waals surface area contributed by atoms with Crippen molar-refractivity contribution < 1.29 is 4.74 Å². The molecule has 1 nitrogen and oxygen atoms in total. The van der Waals surface area contributed by atoms with Gasteiger partial charge in [-0.25, -0.2) is 0 Å². The van der Waals surface area contributed by atoms with E-state index >= 15 is 0 Å². The molecule has 0 fully saturated rings. The average molecular weight is 389 g/mol. The first kappa shape index (κ1) is 21.4. The van der Waals surface area contributed by atoms with Crippen molar-refractivity contribution >= 4 is 10.8 Å². The van der Waals surface area contributed by atoms with Gasteiger partial charge in [-0.3, -0.25) is 0 Å². The molecule has 0 saturated carbocycles. The second kappa shape index (κ2) is 8.61. The van der Waals surface area contributed by atoms with Crippen molar-refractivity contribution in [1.29, 1.82) is 0 Å². The standard InChI is InChI=1S/C28H36O/c1-7-27(2,3)19-22-8-12-24-13-9-23(17-25(24)16-22)20-28(4,5)18-21-10-14-26(29-6)15-11-21/h8-17H,7,18-20H2,1-6H3. The molecule has 3 aromatic rings. The van der Waals surface area contributed by atoms with Gasteiger partial charge in [0.2, 0.25) is 0 Å². The van der Waals surface area contributed by atoms with Gasteiger partial charge < -0.3 is 4.74 Å². The van der Waals surface area contributed by atoms with Gasteiger partial charge in [0.25, 0.3) is 0 Å². The lowest BCUT2D eigenvalue weighted by atomic mass is 9.79. The minimum Gasteiger partial charge on any atom is -0.497 e. The van der Waals surface area contributed by atoms with E-state index in [1.165, 1.54) is 33.9 Å². The third-order valence-corrected chi connectivity index (χ3v) is 6.13. The van der Waals surface area contributed by atoms with Crippen molar-refractivity contribution in [3.05, 3.63) is 77.4 Å².